The van der Waals surface area contributed by atoms with Gasteiger partial charge < -0.3 is 5.32 Å². The second-order valence-corrected chi connectivity index (χ2v) is 8.03. The van der Waals surface area contributed by atoms with Gasteiger partial charge in [0.1, 0.15) is 12.4 Å². The van der Waals surface area contributed by atoms with Crippen molar-refractivity contribution in [2.24, 2.45) is 5.41 Å². The van der Waals surface area contributed by atoms with Crippen molar-refractivity contribution >= 4 is 29.5 Å². The van der Waals surface area contributed by atoms with Crippen molar-refractivity contribution in [1.29, 1.82) is 0 Å². The normalized spacial score (nSPS) is 13.0. The van der Waals surface area contributed by atoms with Crippen LogP contribution in [0.5, 0.6) is 0 Å². The lowest BCUT2D eigenvalue weighted by atomic mass is 9.85. The summed E-state index contributed by atoms with van der Waals surface area (Å²) < 4.78 is 2.27. The van der Waals surface area contributed by atoms with Gasteiger partial charge in [-0.3, -0.25) is 14.5 Å². The molecule has 0 aliphatic carbocycles. The third-order valence-electron chi connectivity index (χ3n) is 3.61. The molecule has 2 aromatic heterocycles. The number of hydrogen-bond donors (Lipinski definition) is 2. The van der Waals surface area contributed by atoms with Crippen molar-refractivity contribution < 1.29 is 4.79 Å². The summed E-state index contributed by atoms with van der Waals surface area (Å²) in [5.74, 6) is 0.782. The lowest BCUT2D eigenvalue weighted by Crippen LogP contribution is -2.38. The minimum atomic E-state index is -0.0649. The van der Waals surface area contributed by atoms with E-state index in [1.54, 1.807) is 15.9 Å². The minimum absolute atomic E-state index is 0.0225. The number of carbonyl (C=O) groups excluding carboxylic acids is 1. The summed E-state index contributed by atoms with van der Waals surface area (Å²) in [6.07, 6.45) is 1.76. The van der Waals surface area contributed by atoms with Gasteiger partial charge in [-0.15, -0.1) is 11.3 Å². The molecular formula is C16H24N4OS2. The molecular weight excluding hydrogens is 328 g/mol. The van der Waals surface area contributed by atoms with Gasteiger partial charge >= 0.3 is 0 Å². The van der Waals surface area contributed by atoms with Crippen LogP contribution in [0.3, 0.4) is 0 Å². The first-order valence-corrected chi connectivity index (χ1v) is 9.08. The van der Waals surface area contributed by atoms with Crippen molar-refractivity contribution in [2.75, 3.05) is 0 Å². The third kappa shape index (κ3) is 4.51. The maximum Gasteiger partial charge on any atom is 0.240 e. The fourth-order valence-electron chi connectivity index (χ4n) is 2.45. The van der Waals surface area contributed by atoms with Crippen LogP contribution in [0, 0.1) is 10.2 Å². The van der Waals surface area contributed by atoms with E-state index in [0.717, 1.165) is 23.5 Å². The topological polar surface area (TPSA) is 62.7 Å². The highest BCUT2D eigenvalue weighted by Gasteiger charge is 2.28. The van der Waals surface area contributed by atoms with Crippen LogP contribution in [-0.4, -0.2) is 20.7 Å². The van der Waals surface area contributed by atoms with Gasteiger partial charge in [0, 0.05) is 11.3 Å². The monoisotopic (exact) mass is 352 g/mol. The number of aromatic amines is 1. The summed E-state index contributed by atoms with van der Waals surface area (Å²) in [6, 6.07) is 4.05. The Morgan fingerprint density at radius 3 is 2.83 bits per heavy atom. The highest BCUT2D eigenvalue weighted by molar-refractivity contribution is 7.71. The number of amides is 1. The molecule has 0 fully saturated rings. The number of aryl methyl sites for hydroxylation is 1. The van der Waals surface area contributed by atoms with Crippen LogP contribution >= 0.6 is 23.6 Å². The van der Waals surface area contributed by atoms with Crippen LogP contribution < -0.4 is 5.32 Å². The van der Waals surface area contributed by atoms with Crippen molar-refractivity contribution in [3.05, 3.63) is 33.0 Å². The first kappa shape index (κ1) is 17.9. The molecule has 1 atom stereocenters. The van der Waals surface area contributed by atoms with E-state index in [1.165, 1.54) is 0 Å². The van der Waals surface area contributed by atoms with Gasteiger partial charge in [0.05, 0.1) is 6.04 Å². The van der Waals surface area contributed by atoms with Crippen LogP contribution in [0.4, 0.5) is 0 Å². The largest absolute Gasteiger partial charge is 0.346 e. The van der Waals surface area contributed by atoms with Gasteiger partial charge in [-0.1, -0.05) is 33.8 Å². The van der Waals surface area contributed by atoms with Crippen molar-refractivity contribution in [3.8, 4) is 0 Å². The molecule has 0 aliphatic heterocycles. The van der Waals surface area contributed by atoms with Crippen molar-refractivity contribution in [1.82, 2.24) is 20.1 Å². The quantitative estimate of drug-likeness (QED) is 0.776. The van der Waals surface area contributed by atoms with Gasteiger partial charge in [0.25, 0.3) is 0 Å². The number of hydrogen-bond acceptors (Lipinski definition) is 4. The first-order chi connectivity index (χ1) is 10.8. The second-order valence-electron chi connectivity index (χ2n) is 6.66. The number of H-pyrrole nitrogens is 1. The van der Waals surface area contributed by atoms with Crippen LogP contribution in [0.1, 0.15) is 50.9 Å². The summed E-state index contributed by atoms with van der Waals surface area (Å²) in [7, 11) is 0. The maximum atomic E-state index is 12.6. The summed E-state index contributed by atoms with van der Waals surface area (Å²) >= 11 is 6.90. The molecule has 0 aliphatic rings. The predicted octanol–water partition coefficient (Wildman–Crippen LogP) is 3.86. The standard InChI is InChI=1S/C16H24N4OS2/c1-5-7-12-18-19-15(22)20(12)10-13(21)17-14(16(2,3)4)11-8-6-9-23-11/h6,8-9,14H,5,7,10H2,1-4H3,(H,17,21)(H,19,22)/t14-/m0/s1. The zero-order valence-electron chi connectivity index (χ0n) is 14.0. The number of nitrogens with one attached hydrogen (secondary N) is 2. The molecule has 7 heteroatoms. The Hall–Kier alpha value is -1.47. The fraction of sp³-hybridized carbons (Fsp3) is 0.562. The number of nitrogens with zero attached hydrogens (tertiary/aromatic N) is 2. The van der Waals surface area contributed by atoms with E-state index in [-0.39, 0.29) is 23.9 Å². The number of thiophene rings is 1. The lowest BCUT2D eigenvalue weighted by molar-refractivity contribution is -0.123. The molecule has 0 radical (unpaired) electrons. The van der Waals surface area contributed by atoms with E-state index < -0.39 is 0 Å². The molecule has 0 bridgehead atoms. The minimum Gasteiger partial charge on any atom is -0.346 e. The summed E-state index contributed by atoms with van der Waals surface area (Å²) in [4.78, 5) is 13.7. The van der Waals surface area contributed by atoms with Crippen LogP contribution in [0.2, 0.25) is 0 Å². The molecule has 5 nitrogen and oxygen atoms in total. The van der Waals surface area contributed by atoms with E-state index >= 15 is 0 Å². The predicted molar refractivity (Wildman–Crippen MR) is 96.1 cm³/mol. The first-order valence-electron chi connectivity index (χ1n) is 7.79. The summed E-state index contributed by atoms with van der Waals surface area (Å²) in [6.45, 7) is 8.66. The molecule has 0 spiro atoms. The molecule has 2 aromatic rings. The number of aromatic nitrogens is 3. The molecule has 23 heavy (non-hydrogen) atoms. The Labute approximate surface area is 146 Å². The third-order valence-corrected chi connectivity index (χ3v) is 4.86. The molecule has 0 saturated carbocycles. The lowest BCUT2D eigenvalue weighted by Gasteiger charge is -2.30. The maximum absolute atomic E-state index is 12.6. The summed E-state index contributed by atoms with van der Waals surface area (Å²) in [5.41, 5.74) is -0.0649. The molecule has 0 unspecified atom stereocenters. The number of carbonyl (C=O) groups is 1. The zero-order valence-corrected chi connectivity index (χ0v) is 15.7. The van der Waals surface area contributed by atoms with Gasteiger partial charge in [-0.25, -0.2) is 0 Å². The molecule has 0 saturated heterocycles. The Morgan fingerprint density at radius 1 is 1.52 bits per heavy atom. The van der Waals surface area contributed by atoms with Gasteiger partial charge in [-0.05, 0) is 35.5 Å². The van der Waals surface area contributed by atoms with E-state index in [9.17, 15) is 4.79 Å². The Bertz CT molecular complexity index is 694. The Balaban J connectivity index is 2.15. The molecule has 2 heterocycles. The number of rotatable bonds is 6. The van der Waals surface area contributed by atoms with Gasteiger partial charge in [-0.2, -0.15) is 5.10 Å². The van der Waals surface area contributed by atoms with Crippen LogP contribution in [-0.2, 0) is 17.8 Å². The second kappa shape index (κ2) is 7.40. The highest BCUT2D eigenvalue weighted by atomic mass is 32.1. The zero-order chi connectivity index (χ0) is 17.0. The average Bonchev–Trinajstić information content (AvgIpc) is 3.09. The van der Waals surface area contributed by atoms with Gasteiger partial charge in [0.2, 0.25) is 5.91 Å². The Morgan fingerprint density at radius 2 is 2.26 bits per heavy atom. The SMILES string of the molecule is CCCc1n[nH]c(=S)n1CC(=O)N[C@@H](c1cccs1)C(C)(C)C. The summed E-state index contributed by atoms with van der Waals surface area (Å²) in [5, 5.41) is 12.2. The molecule has 1 amide bonds. The molecule has 2 N–H and O–H groups in total. The van der Waals surface area contributed by atoms with Crippen molar-refractivity contribution in [2.45, 2.75) is 53.1 Å². The van der Waals surface area contributed by atoms with Crippen LogP contribution in [0.15, 0.2) is 17.5 Å². The molecule has 126 valence electrons. The fourth-order valence-corrected chi connectivity index (χ4v) is 3.68. The highest BCUT2D eigenvalue weighted by Crippen LogP contribution is 2.35. The Kier molecular flexibility index (Phi) is 5.75. The van der Waals surface area contributed by atoms with E-state index in [0.29, 0.717) is 4.77 Å². The average molecular weight is 353 g/mol. The van der Waals surface area contributed by atoms with Crippen LogP contribution in [0.25, 0.3) is 0 Å². The van der Waals surface area contributed by atoms with Crippen molar-refractivity contribution in [3.63, 3.8) is 0 Å². The van der Waals surface area contributed by atoms with E-state index in [4.69, 9.17) is 12.2 Å². The molecule has 2 rings (SSSR count). The molecule has 0 aromatic carbocycles. The van der Waals surface area contributed by atoms with E-state index in [2.05, 4.69) is 49.3 Å². The smallest absolute Gasteiger partial charge is 0.240 e. The van der Waals surface area contributed by atoms with Gasteiger partial charge in [0.15, 0.2) is 4.77 Å². The van der Waals surface area contributed by atoms with E-state index in [1.807, 2.05) is 11.4 Å².